The minimum Gasteiger partial charge on any atom is -0.374 e. The van der Waals surface area contributed by atoms with E-state index in [1.54, 1.807) is 4.80 Å². The molecule has 0 fully saturated rings. The molecule has 5 nitrogen and oxygen atoms in total. The molecule has 0 radical (unpaired) electrons. The minimum atomic E-state index is 0.524. The first-order valence-corrected chi connectivity index (χ1v) is 7.44. The van der Waals surface area contributed by atoms with Gasteiger partial charge in [0.25, 0.3) is 0 Å². The molecule has 3 aromatic rings. The standard InChI is InChI=1S/C18H17N5/c1-22(13-4-12-19)16-9-7-15(8-10-16)11-14-23-20-17-5-2-3-6-18(17)21-23/h2-3,5-11,14H,4,13H2,1H3. The quantitative estimate of drug-likeness (QED) is 0.725. The van der Waals surface area contributed by atoms with Crippen LogP contribution in [0, 0.1) is 11.3 Å². The molecule has 0 saturated heterocycles. The lowest BCUT2D eigenvalue weighted by molar-refractivity contribution is 0.814. The van der Waals surface area contributed by atoms with Gasteiger partial charge in [-0.25, -0.2) is 0 Å². The summed E-state index contributed by atoms with van der Waals surface area (Å²) in [6.07, 6.45) is 4.34. The van der Waals surface area contributed by atoms with Crippen molar-refractivity contribution < 1.29 is 0 Å². The zero-order valence-electron chi connectivity index (χ0n) is 12.9. The molecule has 1 heterocycles. The molecule has 1 aromatic heterocycles. The number of hydrogen-bond donors (Lipinski definition) is 0. The Balaban J connectivity index is 1.71. The summed E-state index contributed by atoms with van der Waals surface area (Å²) >= 11 is 0. The Bertz CT molecular complexity index is 822. The van der Waals surface area contributed by atoms with Crippen LogP contribution in [0.3, 0.4) is 0 Å². The first-order chi connectivity index (χ1) is 11.3. The lowest BCUT2D eigenvalue weighted by Crippen LogP contribution is -2.17. The van der Waals surface area contributed by atoms with Crippen LogP contribution in [0.4, 0.5) is 5.69 Å². The first-order valence-electron chi connectivity index (χ1n) is 7.44. The fourth-order valence-corrected chi connectivity index (χ4v) is 2.28. The smallest absolute Gasteiger partial charge is 0.113 e. The molecule has 114 valence electrons. The molecule has 0 N–H and O–H groups in total. The first kappa shape index (κ1) is 14.8. The van der Waals surface area contributed by atoms with Gasteiger partial charge in [0.15, 0.2) is 0 Å². The van der Waals surface area contributed by atoms with Gasteiger partial charge in [-0.05, 0) is 35.9 Å². The highest BCUT2D eigenvalue weighted by Gasteiger charge is 2.00. The normalized spacial score (nSPS) is 11.0. The third kappa shape index (κ3) is 3.55. The van der Waals surface area contributed by atoms with Gasteiger partial charge in [-0.1, -0.05) is 24.3 Å². The van der Waals surface area contributed by atoms with Crippen molar-refractivity contribution in [2.75, 3.05) is 18.5 Å². The molecule has 0 amide bonds. The Kier molecular flexibility index (Phi) is 4.34. The Morgan fingerprint density at radius 2 is 1.74 bits per heavy atom. The van der Waals surface area contributed by atoms with Gasteiger partial charge in [0.1, 0.15) is 11.0 Å². The van der Waals surface area contributed by atoms with Crippen molar-refractivity contribution >= 4 is 29.0 Å². The van der Waals surface area contributed by atoms with E-state index in [9.17, 15) is 0 Å². The van der Waals surface area contributed by atoms with Gasteiger partial charge in [0, 0.05) is 19.3 Å². The summed E-state index contributed by atoms with van der Waals surface area (Å²) in [5, 5.41) is 17.4. The lowest BCUT2D eigenvalue weighted by atomic mass is 10.2. The summed E-state index contributed by atoms with van der Waals surface area (Å²) in [7, 11) is 1.99. The van der Waals surface area contributed by atoms with Crippen molar-refractivity contribution in [2.24, 2.45) is 0 Å². The van der Waals surface area contributed by atoms with Crippen LogP contribution in [0.5, 0.6) is 0 Å². The van der Waals surface area contributed by atoms with E-state index in [1.807, 2.05) is 67.9 Å². The molecule has 23 heavy (non-hydrogen) atoms. The highest BCUT2D eigenvalue weighted by atomic mass is 15.5. The molecule has 0 aliphatic rings. The maximum absolute atomic E-state index is 8.64. The van der Waals surface area contributed by atoms with Crippen molar-refractivity contribution in [1.29, 1.82) is 5.26 Å². The Morgan fingerprint density at radius 1 is 1.09 bits per heavy atom. The molecule has 0 saturated carbocycles. The molecule has 0 spiro atoms. The van der Waals surface area contributed by atoms with Gasteiger partial charge in [0.2, 0.25) is 0 Å². The number of fused-ring (bicyclic) bond motifs is 1. The van der Waals surface area contributed by atoms with Gasteiger partial charge in [0.05, 0.1) is 18.7 Å². The molecular formula is C18H17N5. The summed E-state index contributed by atoms with van der Waals surface area (Å²) in [6.45, 7) is 0.732. The molecule has 2 aromatic carbocycles. The largest absolute Gasteiger partial charge is 0.374 e. The van der Waals surface area contributed by atoms with E-state index in [-0.39, 0.29) is 0 Å². The third-order valence-corrected chi connectivity index (χ3v) is 3.60. The summed E-state index contributed by atoms with van der Waals surface area (Å²) in [5.41, 5.74) is 3.93. The topological polar surface area (TPSA) is 57.7 Å². The van der Waals surface area contributed by atoms with Gasteiger partial charge < -0.3 is 4.90 Å². The van der Waals surface area contributed by atoms with Crippen molar-refractivity contribution in [3.8, 4) is 6.07 Å². The van der Waals surface area contributed by atoms with Crippen molar-refractivity contribution in [1.82, 2.24) is 15.0 Å². The van der Waals surface area contributed by atoms with Crippen molar-refractivity contribution in [3.05, 3.63) is 54.1 Å². The van der Waals surface area contributed by atoms with Crippen LogP contribution in [0.15, 0.2) is 48.5 Å². The van der Waals surface area contributed by atoms with Crippen LogP contribution in [-0.4, -0.2) is 28.6 Å². The minimum absolute atomic E-state index is 0.524. The molecule has 0 unspecified atom stereocenters. The highest BCUT2D eigenvalue weighted by molar-refractivity contribution is 5.74. The van der Waals surface area contributed by atoms with E-state index in [0.29, 0.717) is 6.42 Å². The van der Waals surface area contributed by atoms with Gasteiger partial charge in [-0.15, -0.1) is 10.2 Å². The number of nitriles is 1. The Morgan fingerprint density at radius 3 is 2.35 bits per heavy atom. The predicted molar refractivity (Wildman–Crippen MR) is 92.7 cm³/mol. The Labute approximate surface area is 135 Å². The molecular weight excluding hydrogens is 286 g/mol. The van der Waals surface area contributed by atoms with Crippen LogP contribution >= 0.6 is 0 Å². The number of benzene rings is 2. The molecule has 3 rings (SSSR count). The third-order valence-electron chi connectivity index (χ3n) is 3.60. The summed E-state index contributed by atoms with van der Waals surface area (Å²) in [6, 6.07) is 18.1. The van der Waals surface area contributed by atoms with E-state index >= 15 is 0 Å². The number of hydrogen-bond acceptors (Lipinski definition) is 4. The maximum atomic E-state index is 8.64. The zero-order chi connectivity index (χ0) is 16.1. The lowest BCUT2D eigenvalue weighted by Gasteiger charge is -2.17. The number of anilines is 1. The highest BCUT2D eigenvalue weighted by Crippen LogP contribution is 2.15. The fraction of sp³-hybridized carbons (Fsp3) is 0.167. The van der Waals surface area contributed by atoms with Gasteiger partial charge in [-0.3, -0.25) is 0 Å². The monoisotopic (exact) mass is 303 g/mol. The molecule has 0 aliphatic heterocycles. The number of nitrogens with zero attached hydrogens (tertiary/aromatic N) is 5. The molecule has 5 heteroatoms. The van der Waals surface area contributed by atoms with E-state index in [0.717, 1.165) is 28.8 Å². The van der Waals surface area contributed by atoms with Crippen LogP contribution in [0.25, 0.3) is 23.3 Å². The summed E-state index contributed by atoms with van der Waals surface area (Å²) < 4.78 is 0. The number of rotatable bonds is 5. The second-order valence-electron chi connectivity index (χ2n) is 5.25. The molecule has 0 atom stereocenters. The van der Waals surface area contributed by atoms with Crippen LogP contribution in [-0.2, 0) is 0 Å². The summed E-state index contributed by atoms with van der Waals surface area (Å²) in [5.74, 6) is 0. The van der Waals surface area contributed by atoms with Crippen LogP contribution in [0.2, 0.25) is 0 Å². The van der Waals surface area contributed by atoms with E-state index in [4.69, 9.17) is 5.26 Å². The maximum Gasteiger partial charge on any atom is 0.113 e. The second kappa shape index (κ2) is 6.75. The molecule has 0 bridgehead atoms. The molecule has 0 aliphatic carbocycles. The van der Waals surface area contributed by atoms with E-state index < -0.39 is 0 Å². The van der Waals surface area contributed by atoms with Crippen molar-refractivity contribution in [2.45, 2.75) is 6.42 Å². The van der Waals surface area contributed by atoms with Crippen LogP contribution < -0.4 is 4.90 Å². The van der Waals surface area contributed by atoms with Gasteiger partial charge >= 0.3 is 0 Å². The fourth-order valence-electron chi connectivity index (χ4n) is 2.28. The predicted octanol–water partition coefficient (Wildman–Crippen LogP) is 3.41. The SMILES string of the molecule is CN(CCC#N)c1ccc(C=Cn2nc3ccccc3n2)cc1. The second-order valence-corrected chi connectivity index (χ2v) is 5.25. The Hall–Kier alpha value is -3.13. The van der Waals surface area contributed by atoms with E-state index in [1.165, 1.54) is 0 Å². The number of aromatic nitrogens is 3. The van der Waals surface area contributed by atoms with Crippen molar-refractivity contribution in [3.63, 3.8) is 0 Å². The van der Waals surface area contributed by atoms with E-state index in [2.05, 4.69) is 21.2 Å². The van der Waals surface area contributed by atoms with Gasteiger partial charge in [-0.2, -0.15) is 10.1 Å². The average molecular weight is 303 g/mol. The average Bonchev–Trinajstić information content (AvgIpc) is 3.01. The zero-order valence-corrected chi connectivity index (χ0v) is 12.9. The van der Waals surface area contributed by atoms with Crippen LogP contribution in [0.1, 0.15) is 12.0 Å². The summed E-state index contributed by atoms with van der Waals surface area (Å²) in [4.78, 5) is 3.65.